The lowest BCUT2D eigenvalue weighted by Crippen LogP contribution is -1.79. The summed E-state index contributed by atoms with van der Waals surface area (Å²) in [6, 6.07) is 27.4. The Balaban J connectivity index is 0.000000177. The zero-order valence-corrected chi connectivity index (χ0v) is 21.7. The molecule has 0 spiro atoms. The SMILES string of the molecule is C=Cc1cccc2[nH]c(C)cc12.CC.CCc1cccc2[nH]c(C)cc12.CCc1ccccc1. The highest BCUT2D eigenvalue weighted by Gasteiger charge is 2.00. The highest BCUT2D eigenvalue weighted by atomic mass is 14.7. The van der Waals surface area contributed by atoms with Gasteiger partial charge in [0.25, 0.3) is 0 Å². The lowest BCUT2D eigenvalue weighted by molar-refractivity contribution is 1.14. The quantitative estimate of drug-likeness (QED) is 0.273. The maximum absolute atomic E-state index is 3.78. The summed E-state index contributed by atoms with van der Waals surface area (Å²) in [6.07, 6.45) is 4.13. The van der Waals surface area contributed by atoms with Crippen molar-refractivity contribution >= 4 is 27.9 Å². The maximum atomic E-state index is 3.78. The van der Waals surface area contributed by atoms with Crippen molar-refractivity contribution in [1.29, 1.82) is 0 Å². The molecule has 0 aliphatic rings. The number of hydrogen-bond donors (Lipinski definition) is 2. The molecule has 2 N–H and O–H groups in total. The van der Waals surface area contributed by atoms with Crippen LogP contribution in [-0.2, 0) is 12.8 Å². The van der Waals surface area contributed by atoms with E-state index in [1.807, 2.05) is 32.1 Å². The van der Waals surface area contributed by atoms with Gasteiger partial charge in [0, 0.05) is 33.2 Å². The normalized spacial score (nSPS) is 9.82. The molecule has 0 saturated carbocycles. The molecule has 0 aliphatic heterocycles. The summed E-state index contributed by atoms with van der Waals surface area (Å²) in [5.41, 5.74) is 8.91. The first-order valence-corrected chi connectivity index (χ1v) is 12.4. The van der Waals surface area contributed by atoms with Crippen molar-refractivity contribution in [2.24, 2.45) is 0 Å². The molecule has 5 rings (SSSR count). The number of aryl methyl sites for hydroxylation is 4. The monoisotopic (exact) mass is 452 g/mol. The van der Waals surface area contributed by atoms with Crippen LogP contribution in [0.25, 0.3) is 27.9 Å². The Morgan fingerprint density at radius 3 is 1.76 bits per heavy atom. The van der Waals surface area contributed by atoms with Gasteiger partial charge in [0.2, 0.25) is 0 Å². The predicted molar refractivity (Wildman–Crippen MR) is 153 cm³/mol. The van der Waals surface area contributed by atoms with Gasteiger partial charge in [0.15, 0.2) is 0 Å². The molecule has 0 amide bonds. The number of hydrogen-bond acceptors (Lipinski definition) is 0. The molecule has 0 saturated heterocycles. The van der Waals surface area contributed by atoms with Crippen LogP contribution in [0.2, 0.25) is 0 Å². The highest BCUT2D eigenvalue weighted by molar-refractivity contribution is 5.89. The van der Waals surface area contributed by atoms with E-state index in [1.54, 1.807) is 0 Å². The zero-order valence-electron chi connectivity index (χ0n) is 21.7. The van der Waals surface area contributed by atoms with Crippen LogP contribution >= 0.6 is 0 Å². The predicted octanol–water partition coefficient (Wildman–Crippen LogP) is 9.43. The van der Waals surface area contributed by atoms with Gasteiger partial charge in [0.1, 0.15) is 0 Å². The number of aromatic amines is 2. The second-order valence-corrected chi connectivity index (χ2v) is 7.99. The van der Waals surface area contributed by atoms with Gasteiger partial charge >= 0.3 is 0 Å². The number of nitrogens with one attached hydrogen (secondary N) is 2. The smallest absolute Gasteiger partial charge is 0.0462 e. The van der Waals surface area contributed by atoms with Gasteiger partial charge < -0.3 is 9.97 Å². The minimum atomic E-state index is 1.11. The average molecular weight is 453 g/mol. The van der Waals surface area contributed by atoms with Crippen LogP contribution < -0.4 is 0 Å². The molecule has 0 radical (unpaired) electrons. The summed E-state index contributed by atoms with van der Waals surface area (Å²) in [6.45, 7) is 16.3. The van der Waals surface area contributed by atoms with Crippen molar-refractivity contribution in [3.05, 3.63) is 114 Å². The molecular weight excluding hydrogens is 412 g/mol. The van der Waals surface area contributed by atoms with Crippen molar-refractivity contribution in [1.82, 2.24) is 9.97 Å². The van der Waals surface area contributed by atoms with Gasteiger partial charge in [-0.2, -0.15) is 0 Å². The molecule has 2 aromatic heterocycles. The Kier molecular flexibility index (Phi) is 10.9. The second kappa shape index (κ2) is 13.9. The number of benzene rings is 3. The van der Waals surface area contributed by atoms with Crippen LogP contribution in [0.15, 0.2) is 85.4 Å². The van der Waals surface area contributed by atoms with E-state index >= 15 is 0 Å². The van der Waals surface area contributed by atoms with E-state index < -0.39 is 0 Å². The first kappa shape index (κ1) is 26.7. The second-order valence-electron chi connectivity index (χ2n) is 7.99. The molecule has 0 aliphatic carbocycles. The molecule has 5 aromatic rings. The fourth-order valence-corrected chi connectivity index (χ4v) is 3.88. The number of fused-ring (bicyclic) bond motifs is 2. The van der Waals surface area contributed by atoms with E-state index in [-0.39, 0.29) is 0 Å². The summed E-state index contributed by atoms with van der Waals surface area (Å²) < 4.78 is 0. The molecule has 34 heavy (non-hydrogen) atoms. The van der Waals surface area contributed by atoms with Gasteiger partial charge in [-0.15, -0.1) is 0 Å². The van der Waals surface area contributed by atoms with E-state index in [0.717, 1.165) is 12.8 Å². The first-order valence-electron chi connectivity index (χ1n) is 12.4. The lowest BCUT2D eigenvalue weighted by atomic mass is 10.1. The third kappa shape index (κ3) is 7.25. The topological polar surface area (TPSA) is 31.6 Å². The van der Waals surface area contributed by atoms with Crippen LogP contribution in [0.5, 0.6) is 0 Å². The highest BCUT2D eigenvalue weighted by Crippen LogP contribution is 2.20. The molecule has 2 heterocycles. The first-order chi connectivity index (χ1) is 16.5. The third-order valence-corrected chi connectivity index (χ3v) is 5.57. The van der Waals surface area contributed by atoms with Crippen molar-refractivity contribution in [2.75, 3.05) is 0 Å². The maximum Gasteiger partial charge on any atom is 0.0462 e. The Morgan fingerprint density at radius 2 is 1.24 bits per heavy atom. The number of H-pyrrole nitrogens is 2. The van der Waals surface area contributed by atoms with Crippen molar-refractivity contribution in [2.45, 2.75) is 54.4 Å². The van der Waals surface area contributed by atoms with Crippen molar-refractivity contribution in [3.8, 4) is 0 Å². The summed E-state index contributed by atoms with van der Waals surface area (Å²) in [4.78, 5) is 6.62. The Labute approximate surface area is 205 Å². The van der Waals surface area contributed by atoms with Crippen LogP contribution in [-0.4, -0.2) is 9.97 Å². The van der Waals surface area contributed by atoms with E-state index in [4.69, 9.17) is 0 Å². The summed E-state index contributed by atoms with van der Waals surface area (Å²) in [5.74, 6) is 0. The third-order valence-electron chi connectivity index (χ3n) is 5.57. The summed E-state index contributed by atoms with van der Waals surface area (Å²) >= 11 is 0. The van der Waals surface area contributed by atoms with Crippen LogP contribution in [0.1, 0.15) is 55.8 Å². The molecule has 0 unspecified atom stereocenters. The van der Waals surface area contributed by atoms with Gasteiger partial charge in [-0.05, 0) is 67.6 Å². The number of aromatic nitrogens is 2. The van der Waals surface area contributed by atoms with Gasteiger partial charge in [0.05, 0.1) is 0 Å². The zero-order chi connectivity index (χ0) is 24.9. The van der Waals surface area contributed by atoms with Gasteiger partial charge in [-0.3, -0.25) is 0 Å². The standard InChI is InChI=1S/C11H13N.C11H11N.C8H10.C2H6/c2*1-3-9-5-4-6-11-10(9)7-8(2)12-11;1-2-8-6-4-3-5-7-8;1-2/h4-7,12H,3H2,1-2H3;3-7,12H,1H2,2H3;3-7H,2H2,1H3;1-2H3. The summed E-state index contributed by atoms with van der Waals surface area (Å²) in [7, 11) is 0. The molecule has 178 valence electrons. The van der Waals surface area contributed by atoms with Gasteiger partial charge in [-0.25, -0.2) is 0 Å². The minimum absolute atomic E-state index is 1.11. The molecular formula is C32H40N2. The van der Waals surface area contributed by atoms with Gasteiger partial charge in [-0.1, -0.05) is 94.9 Å². The van der Waals surface area contributed by atoms with E-state index in [9.17, 15) is 0 Å². The summed E-state index contributed by atoms with van der Waals surface area (Å²) in [5, 5.41) is 2.63. The molecule has 3 aromatic carbocycles. The molecule has 0 atom stereocenters. The largest absolute Gasteiger partial charge is 0.359 e. The molecule has 2 heteroatoms. The fourth-order valence-electron chi connectivity index (χ4n) is 3.88. The molecule has 0 fully saturated rings. The Hall–Kier alpha value is -3.52. The van der Waals surface area contributed by atoms with Crippen molar-refractivity contribution in [3.63, 3.8) is 0 Å². The van der Waals surface area contributed by atoms with E-state index in [2.05, 4.69) is 111 Å². The number of rotatable bonds is 3. The van der Waals surface area contributed by atoms with E-state index in [0.29, 0.717) is 0 Å². The van der Waals surface area contributed by atoms with Crippen LogP contribution in [0.3, 0.4) is 0 Å². The Morgan fingerprint density at radius 1 is 0.676 bits per heavy atom. The lowest BCUT2D eigenvalue weighted by Gasteiger charge is -1.96. The Bertz CT molecular complexity index is 1270. The van der Waals surface area contributed by atoms with Crippen LogP contribution in [0, 0.1) is 13.8 Å². The fraction of sp³-hybridized carbons (Fsp3) is 0.250. The van der Waals surface area contributed by atoms with Crippen LogP contribution in [0.4, 0.5) is 0 Å². The van der Waals surface area contributed by atoms with Crippen molar-refractivity contribution < 1.29 is 0 Å². The molecule has 2 nitrogen and oxygen atoms in total. The minimum Gasteiger partial charge on any atom is -0.359 e. The molecule has 0 bridgehead atoms. The van der Waals surface area contributed by atoms with E-state index in [1.165, 1.54) is 49.9 Å². The average Bonchev–Trinajstić information content (AvgIpc) is 3.47.